The average molecular weight is 736 g/mol. The van der Waals surface area contributed by atoms with Crippen LogP contribution in [0.5, 0.6) is 0 Å². The molecule has 2 amide bonds. The Morgan fingerprint density at radius 2 is 1.73 bits per heavy atom. The molecule has 2 aromatic carbocycles. The first-order chi connectivity index (χ1) is 22.9. The van der Waals surface area contributed by atoms with Crippen LogP contribution in [0.3, 0.4) is 0 Å². The molecule has 1 saturated carbocycles. The molecule has 1 saturated heterocycles. The molecule has 0 bridgehead atoms. The first kappa shape index (κ1) is 36.9. The zero-order valence-corrected chi connectivity index (χ0v) is 28.7. The molecule has 2 aliphatic rings. The molecule has 0 radical (unpaired) electrons. The van der Waals surface area contributed by atoms with Crippen molar-refractivity contribution in [1.82, 2.24) is 20.2 Å². The molecule has 3 N–H and O–H groups in total. The SMILES string of the molecule is CC(C)(C)C(=O)NCc1ccc(Cl)c(Nc2nc3cc(C(=O)NC4CCC(C(F)(F)F)CC4)c(N4CCC(F)C4)cc3n2CC(F)F)c1Cl. The molecule has 0 spiro atoms. The molecule has 1 atom stereocenters. The van der Waals surface area contributed by atoms with E-state index in [9.17, 15) is 35.9 Å². The fourth-order valence-electron chi connectivity index (χ4n) is 6.19. The molecule has 3 aromatic rings. The van der Waals surface area contributed by atoms with E-state index in [-0.39, 0.29) is 95.9 Å². The third-order valence-electron chi connectivity index (χ3n) is 8.96. The van der Waals surface area contributed by atoms with E-state index in [1.165, 1.54) is 22.8 Å². The molecular formula is C33H38Cl2F6N6O2. The highest BCUT2D eigenvalue weighted by Crippen LogP contribution is 2.40. The van der Waals surface area contributed by atoms with Gasteiger partial charge >= 0.3 is 6.18 Å². The lowest BCUT2D eigenvalue weighted by atomic mass is 9.85. The maximum Gasteiger partial charge on any atom is 0.391 e. The molecule has 49 heavy (non-hydrogen) atoms. The summed E-state index contributed by atoms with van der Waals surface area (Å²) in [5.74, 6) is -2.28. The highest BCUT2D eigenvalue weighted by atomic mass is 35.5. The van der Waals surface area contributed by atoms with Crippen LogP contribution in [0.15, 0.2) is 24.3 Å². The fraction of sp³-hybridized carbons (Fsp3) is 0.545. The van der Waals surface area contributed by atoms with E-state index in [1.807, 2.05) is 0 Å². The van der Waals surface area contributed by atoms with Gasteiger partial charge in [-0.25, -0.2) is 18.2 Å². The van der Waals surface area contributed by atoms with Gasteiger partial charge in [0, 0.05) is 31.1 Å². The second-order valence-electron chi connectivity index (χ2n) is 13.6. The lowest BCUT2D eigenvalue weighted by Crippen LogP contribution is -2.40. The Bertz CT molecular complexity index is 1700. The number of alkyl halides is 6. The Balaban J connectivity index is 1.50. The Morgan fingerprint density at radius 1 is 1.04 bits per heavy atom. The molecule has 16 heteroatoms. The summed E-state index contributed by atoms with van der Waals surface area (Å²) in [6.07, 6.45) is -8.03. The number of nitrogens with zero attached hydrogens (tertiary/aromatic N) is 3. The monoisotopic (exact) mass is 734 g/mol. The van der Waals surface area contributed by atoms with E-state index in [0.29, 0.717) is 11.3 Å². The van der Waals surface area contributed by atoms with Crippen molar-refractivity contribution in [3.05, 3.63) is 45.4 Å². The Kier molecular flexibility index (Phi) is 10.9. The first-order valence-corrected chi connectivity index (χ1v) is 16.8. The van der Waals surface area contributed by atoms with E-state index in [2.05, 4.69) is 20.9 Å². The summed E-state index contributed by atoms with van der Waals surface area (Å²) in [4.78, 5) is 32.3. The van der Waals surface area contributed by atoms with Crippen LogP contribution in [0, 0.1) is 11.3 Å². The van der Waals surface area contributed by atoms with Crippen LogP contribution in [-0.4, -0.2) is 59.3 Å². The number of nitrogens with one attached hydrogen (secondary N) is 3. The average Bonchev–Trinajstić information content (AvgIpc) is 3.59. The van der Waals surface area contributed by atoms with Crippen molar-refractivity contribution in [3.8, 4) is 0 Å². The van der Waals surface area contributed by atoms with Crippen LogP contribution in [0.2, 0.25) is 10.0 Å². The van der Waals surface area contributed by atoms with E-state index < -0.39 is 48.6 Å². The highest BCUT2D eigenvalue weighted by molar-refractivity contribution is 6.39. The van der Waals surface area contributed by atoms with Crippen molar-refractivity contribution >= 4 is 63.4 Å². The van der Waals surface area contributed by atoms with Gasteiger partial charge in [0.25, 0.3) is 12.3 Å². The summed E-state index contributed by atoms with van der Waals surface area (Å²) in [5.41, 5.74) is 0.788. The minimum absolute atomic E-state index is 0.0275. The van der Waals surface area contributed by atoms with Gasteiger partial charge in [-0.15, -0.1) is 0 Å². The Hall–Kier alpha value is -3.39. The van der Waals surface area contributed by atoms with Crippen LogP contribution >= 0.6 is 23.2 Å². The zero-order valence-electron chi connectivity index (χ0n) is 27.2. The summed E-state index contributed by atoms with van der Waals surface area (Å²) >= 11 is 13.2. The van der Waals surface area contributed by atoms with Crippen molar-refractivity contribution < 1.29 is 35.9 Å². The zero-order chi connectivity index (χ0) is 35.8. The molecule has 2 fully saturated rings. The van der Waals surface area contributed by atoms with Gasteiger partial charge in [0.2, 0.25) is 11.9 Å². The number of benzene rings is 2. The molecule has 1 aliphatic carbocycles. The van der Waals surface area contributed by atoms with E-state index in [0.717, 1.165) is 0 Å². The number of anilines is 3. The maximum absolute atomic E-state index is 14.4. The van der Waals surface area contributed by atoms with Crippen LogP contribution in [0.25, 0.3) is 11.0 Å². The van der Waals surface area contributed by atoms with Crippen molar-refractivity contribution in [3.63, 3.8) is 0 Å². The molecule has 1 aliphatic heterocycles. The maximum atomic E-state index is 14.4. The number of imidazole rings is 1. The molecule has 2 heterocycles. The predicted molar refractivity (Wildman–Crippen MR) is 178 cm³/mol. The van der Waals surface area contributed by atoms with Gasteiger partial charge in [-0.05, 0) is 55.9 Å². The molecule has 268 valence electrons. The Morgan fingerprint density at radius 3 is 2.33 bits per heavy atom. The fourth-order valence-corrected chi connectivity index (χ4v) is 6.72. The third-order valence-corrected chi connectivity index (χ3v) is 9.70. The second-order valence-corrected chi connectivity index (χ2v) is 14.4. The van der Waals surface area contributed by atoms with E-state index >= 15 is 0 Å². The number of hydrogen-bond donors (Lipinski definition) is 3. The van der Waals surface area contributed by atoms with Gasteiger partial charge in [0.1, 0.15) is 6.17 Å². The molecule has 5 rings (SSSR count). The molecule has 1 aromatic heterocycles. The lowest BCUT2D eigenvalue weighted by Gasteiger charge is -2.30. The van der Waals surface area contributed by atoms with Gasteiger partial charge in [0.15, 0.2) is 0 Å². The number of rotatable bonds is 9. The summed E-state index contributed by atoms with van der Waals surface area (Å²) in [7, 11) is 0. The van der Waals surface area contributed by atoms with Gasteiger partial charge in [-0.1, -0.05) is 50.0 Å². The summed E-state index contributed by atoms with van der Waals surface area (Å²) in [6, 6.07) is 5.59. The number of aromatic nitrogens is 2. The van der Waals surface area contributed by atoms with Gasteiger partial charge in [0.05, 0.1) is 50.5 Å². The van der Waals surface area contributed by atoms with Crippen molar-refractivity contribution in [2.24, 2.45) is 11.3 Å². The second kappa shape index (κ2) is 14.5. The topological polar surface area (TPSA) is 91.3 Å². The smallest absolute Gasteiger partial charge is 0.368 e. The van der Waals surface area contributed by atoms with Crippen LogP contribution in [-0.2, 0) is 17.9 Å². The van der Waals surface area contributed by atoms with Gasteiger partial charge in [-0.2, -0.15) is 13.2 Å². The van der Waals surface area contributed by atoms with Crippen LogP contribution in [0.4, 0.5) is 43.7 Å². The van der Waals surface area contributed by atoms with Crippen molar-refractivity contribution in [1.29, 1.82) is 0 Å². The summed E-state index contributed by atoms with van der Waals surface area (Å²) in [5, 5.41) is 8.88. The number of fused-ring (bicyclic) bond motifs is 1. The number of amides is 2. The quantitative estimate of drug-likeness (QED) is 0.192. The van der Waals surface area contributed by atoms with Crippen LogP contribution < -0.4 is 20.9 Å². The van der Waals surface area contributed by atoms with Gasteiger partial charge in [-0.3, -0.25) is 9.59 Å². The van der Waals surface area contributed by atoms with Crippen molar-refractivity contribution in [2.75, 3.05) is 23.3 Å². The first-order valence-electron chi connectivity index (χ1n) is 16.0. The van der Waals surface area contributed by atoms with Gasteiger partial charge < -0.3 is 25.4 Å². The standard InChI is InChI=1S/C33H38Cl2F6N6O2/c1-32(2,3)30(49)42-14-17-4-9-22(34)28(27(17)35)45-31-44-23-12-21(29(48)43-20-7-5-18(6-8-20)33(39,40)41)24(46-11-10-19(36)15-46)13-25(23)47(31)16-26(37)38/h4,9,12-13,18-20,26H,5-8,10-11,14-16H2,1-3H3,(H,42,49)(H,43,48)(H,44,45). The number of hydrogen-bond acceptors (Lipinski definition) is 5. The number of carbonyl (C=O) groups excluding carboxylic acids is 2. The Labute approximate surface area is 289 Å². The number of halogens is 8. The minimum atomic E-state index is -4.30. The third kappa shape index (κ3) is 8.50. The minimum Gasteiger partial charge on any atom is -0.368 e. The predicted octanol–water partition coefficient (Wildman–Crippen LogP) is 8.41. The van der Waals surface area contributed by atoms with Crippen molar-refractivity contribution in [2.45, 2.75) is 90.8 Å². The normalized spacial score (nSPS) is 20.2. The highest BCUT2D eigenvalue weighted by Gasteiger charge is 2.41. The molecule has 1 unspecified atom stereocenters. The summed E-state index contributed by atoms with van der Waals surface area (Å²) in [6.45, 7) is 4.79. The lowest BCUT2D eigenvalue weighted by molar-refractivity contribution is -0.182. The molecule has 8 nitrogen and oxygen atoms in total. The van der Waals surface area contributed by atoms with E-state index in [1.54, 1.807) is 31.7 Å². The number of carbonyl (C=O) groups is 2. The van der Waals surface area contributed by atoms with Crippen LogP contribution in [0.1, 0.15) is 68.8 Å². The summed E-state index contributed by atoms with van der Waals surface area (Å²) < 4.78 is 83.2. The molecular weight excluding hydrogens is 697 g/mol. The van der Waals surface area contributed by atoms with E-state index in [4.69, 9.17) is 23.2 Å². The largest absolute Gasteiger partial charge is 0.391 e.